The van der Waals surface area contributed by atoms with Gasteiger partial charge in [0.1, 0.15) is 12.2 Å². The van der Waals surface area contributed by atoms with Gasteiger partial charge in [0.15, 0.2) is 23.3 Å². The molecule has 4 nitrogen and oxygen atoms in total. The molecule has 1 N–H and O–H groups in total. The molecule has 2 atom stereocenters. The van der Waals surface area contributed by atoms with Gasteiger partial charge in [0.2, 0.25) is 0 Å². The lowest BCUT2D eigenvalue weighted by molar-refractivity contribution is 0.0188. The highest BCUT2D eigenvalue weighted by molar-refractivity contribution is 5.90. The van der Waals surface area contributed by atoms with E-state index in [0.717, 1.165) is 12.0 Å². The predicted molar refractivity (Wildman–Crippen MR) is 137 cm³/mol. The summed E-state index contributed by atoms with van der Waals surface area (Å²) in [5.41, 5.74) is 1.25. The second kappa shape index (κ2) is 11.5. The maximum Gasteiger partial charge on any atom is 0.341 e. The maximum atomic E-state index is 15.2. The van der Waals surface area contributed by atoms with E-state index in [9.17, 15) is 18.7 Å². The first-order valence-electron chi connectivity index (χ1n) is 13.3. The second-order valence-electron chi connectivity index (χ2n) is 10.3. The molecule has 0 amide bonds. The Bertz CT molecular complexity index is 1350. The number of aliphatic hydroxyl groups excluding tert-OH is 1. The smallest absolute Gasteiger partial charge is 0.341 e. The van der Waals surface area contributed by atoms with Gasteiger partial charge in [-0.15, -0.1) is 0 Å². The van der Waals surface area contributed by atoms with E-state index in [2.05, 4.69) is 0 Å². The summed E-state index contributed by atoms with van der Waals surface area (Å²) in [7, 11) is 0. The molecule has 5 rings (SSSR count). The molecule has 1 aliphatic heterocycles. The number of hydrogen-bond donors (Lipinski definition) is 1. The number of carbonyl (C=O) groups excluding carboxylic acids is 1. The Morgan fingerprint density at radius 1 is 0.897 bits per heavy atom. The van der Waals surface area contributed by atoms with Crippen molar-refractivity contribution in [2.24, 2.45) is 0 Å². The first kappa shape index (κ1) is 27.3. The van der Waals surface area contributed by atoms with Crippen molar-refractivity contribution in [1.29, 1.82) is 0 Å². The third kappa shape index (κ3) is 5.72. The van der Waals surface area contributed by atoms with Crippen molar-refractivity contribution in [3.8, 4) is 11.1 Å². The van der Waals surface area contributed by atoms with E-state index >= 15 is 8.78 Å². The van der Waals surface area contributed by atoms with Crippen LogP contribution in [0.15, 0.2) is 48.5 Å². The van der Waals surface area contributed by atoms with Crippen LogP contribution in [0.2, 0.25) is 0 Å². The summed E-state index contributed by atoms with van der Waals surface area (Å²) in [6.45, 7) is 2.29. The lowest BCUT2D eigenvalue weighted by Crippen LogP contribution is -2.25. The van der Waals surface area contributed by atoms with Crippen LogP contribution in [-0.2, 0) is 9.47 Å². The molecule has 1 aliphatic carbocycles. The van der Waals surface area contributed by atoms with Gasteiger partial charge in [0.25, 0.3) is 0 Å². The fourth-order valence-electron chi connectivity index (χ4n) is 5.33. The predicted octanol–water partition coefficient (Wildman–Crippen LogP) is 7.70. The van der Waals surface area contributed by atoms with E-state index in [1.165, 1.54) is 12.1 Å². The Balaban J connectivity index is 1.22. The van der Waals surface area contributed by atoms with Crippen molar-refractivity contribution in [2.75, 3.05) is 6.61 Å². The standard InChI is InChI=1S/C31H30F4O4/c1-2-3-25(36)19-6-4-17(5-7-19)21-12-13-22(28(33)27(21)32)18-8-10-20(11-9-18)39-31(37)24-15-14-23(26-16-38-26)29(34)30(24)35/h4-7,12-15,18,20,25-26,36H,2-3,8-11,16H2,1H3. The number of rotatable bonds is 8. The van der Waals surface area contributed by atoms with Gasteiger partial charge in [0.05, 0.1) is 18.3 Å². The van der Waals surface area contributed by atoms with Crippen LogP contribution in [-0.4, -0.2) is 23.8 Å². The molecule has 0 radical (unpaired) electrons. The number of benzene rings is 3. The fraction of sp³-hybridized carbons (Fsp3) is 0.387. The molecular weight excluding hydrogens is 512 g/mol. The largest absolute Gasteiger partial charge is 0.459 e. The van der Waals surface area contributed by atoms with Crippen LogP contribution in [0.5, 0.6) is 0 Å². The Hall–Kier alpha value is -3.23. The molecule has 1 saturated carbocycles. The number of ether oxygens (including phenoxy) is 2. The molecule has 3 aromatic rings. The van der Waals surface area contributed by atoms with Crippen LogP contribution in [0.1, 0.15) is 90.6 Å². The zero-order valence-corrected chi connectivity index (χ0v) is 21.6. The monoisotopic (exact) mass is 542 g/mol. The quantitative estimate of drug-likeness (QED) is 0.180. The van der Waals surface area contributed by atoms with E-state index in [4.69, 9.17) is 9.47 Å². The van der Waals surface area contributed by atoms with Crippen LogP contribution in [0.4, 0.5) is 17.6 Å². The van der Waals surface area contributed by atoms with Crippen LogP contribution in [0.3, 0.4) is 0 Å². The van der Waals surface area contributed by atoms with E-state index in [1.807, 2.05) is 6.92 Å². The van der Waals surface area contributed by atoms with Crippen molar-refractivity contribution in [2.45, 2.75) is 69.7 Å². The Kier molecular flexibility index (Phi) is 8.05. The van der Waals surface area contributed by atoms with Gasteiger partial charge >= 0.3 is 5.97 Å². The summed E-state index contributed by atoms with van der Waals surface area (Å²) in [5.74, 6) is -5.41. The van der Waals surface area contributed by atoms with E-state index in [1.54, 1.807) is 36.4 Å². The van der Waals surface area contributed by atoms with E-state index < -0.39 is 53.1 Å². The zero-order valence-electron chi connectivity index (χ0n) is 21.6. The molecule has 1 heterocycles. The van der Waals surface area contributed by atoms with Crippen LogP contribution >= 0.6 is 0 Å². The summed E-state index contributed by atoms with van der Waals surface area (Å²) in [4.78, 5) is 12.5. The van der Waals surface area contributed by atoms with Crippen molar-refractivity contribution in [3.63, 3.8) is 0 Å². The molecule has 2 fully saturated rings. The van der Waals surface area contributed by atoms with Crippen LogP contribution in [0, 0.1) is 23.3 Å². The summed E-state index contributed by atoms with van der Waals surface area (Å²) in [6, 6.07) is 12.5. The molecule has 1 saturated heterocycles. The molecule has 0 spiro atoms. The first-order valence-corrected chi connectivity index (χ1v) is 13.3. The molecule has 2 aliphatic rings. The van der Waals surface area contributed by atoms with Gasteiger partial charge in [-0.25, -0.2) is 22.4 Å². The Morgan fingerprint density at radius 2 is 1.54 bits per heavy atom. The number of esters is 1. The minimum absolute atomic E-state index is 0.0765. The van der Waals surface area contributed by atoms with Gasteiger partial charge in [-0.3, -0.25) is 0 Å². The van der Waals surface area contributed by atoms with Gasteiger partial charge in [0, 0.05) is 11.1 Å². The number of halogens is 4. The molecule has 39 heavy (non-hydrogen) atoms. The summed E-state index contributed by atoms with van der Waals surface area (Å²) in [6.07, 6.45) is 1.52. The maximum absolute atomic E-state index is 15.2. The van der Waals surface area contributed by atoms with Crippen LogP contribution < -0.4 is 0 Å². The first-order chi connectivity index (χ1) is 18.8. The molecule has 206 valence electrons. The number of carbonyl (C=O) groups is 1. The van der Waals surface area contributed by atoms with Gasteiger partial charge in [-0.2, -0.15) is 0 Å². The summed E-state index contributed by atoms with van der Waals surface area (Å²) >= 11 is 0. The van der Waals surface area contributed by atoms with E-state index in [0.29, 0.717) is 44.3 Å². The highest BCUT2D eigenvalue weighted by Gasteiger charge is 2.33. The molecule has 2 unspecified atom stereocenters. The van der Waals surface area contributed by atoms with Crippen molar-refractivity contribution >= 4 is 5.97 Å². The Morgan fingerprint density at radius 3 is 2.18 bits per heavy atom. The fourth-order valence-corrected chi connectivity index (χ4v) is 5.33. The van der Waals surface area contributed by atoms with Crippen molar-refractivity contribution < 1.29 is 36.9 Å². The van der Waals surface area contributed by atoms with Gasteiger partial charge < -0.3 is 14.6 Å². The second-order valence-corrected chi connectivity index (χ2v) is 10.3. The summed E-state index contributed by atoms with van der Waals surface area (Å²) in [5, 5.41) is 10.1. The highest BCUT2D eigenvalue weighted by atomic mass is 19.2. The lowest BCUT2D eigenvalue weighted by Gasteiger charge is -2.29. The minimum atomic E-state index is -1.26. The van der Waals surface area contributed by atoms with E-state index in [-0.39, 0.29) is 22.6 Å². The molecular formula is C31H30F4O4. The third-order valence-corrected chi connectivity index (χ3v) is 7.68. The minimum Gasteiger partial charge on any atom is -0.459 e. The SMILES string of the molecule is CCCC(O)c1ccc(-c2ccc(C3CCC(OC(=O)c4ccc(C5CO5)c(F)c4F)CC3)c(F)c2F)cc1. The van der Waals surface area contributed by atoms with Crippen molar-refractivity contribution in [3.05, 3.63) is 94.1 Å². The normalized spacial score (nSPS) is 21.4. The lowest BCUT2D eigenvalue weighted by atomic mass is 9.82. The average Bonchev–Trinajstić information content (AvgIpc) is 3.78. The summed E-state index contributed by atoms with van der Waals surface area (Å²) < 4.78 is 69.4. The number of epoxide rings is 1. The molecule has 3 aromatic carbocycles. The van der Waals surface area contributed by atoms with Crippen LogP contribution in [0.25, 0.3) is 11.1 Å². The number of hydrogen-bond acceptors (Lipinski definition) is 4. The zero-order chi connectivity index (χ0) is 27.7. The Labute approximate surface area is 224 Å². The molecule has 0 bridgehead atoms. The highest BCUT2D eigenvalue weighted by Crippen LogP contribution is 2.39. The molecule has 0 aromatic heterocycles. The topological polar surface area (TPSA) is 59.1 Å². The number of aliphatic hydroxyl groups is 1. The van der Waals surface area contributed by atoms with Crippen molar-refractivity contribution in [1.82, 2.24) is 0 Å². The molecule has 8 heteroatoms. The van der Waals surface area contributed by atoms with Gasteiger partial charge in [-0.05, 0) is 60.8 Å². The van der Waals surface area contributed by atoms with Gasteiger partial charge in [-0.1, -0.05) is 55.8 Å². The third-order valence-electron chi connectivity index (χ3n) is 7.68. The average molecular weight is 543 g/mol.